The number of hydrogen-bond donors (Lipinski definition) is 0. The van der Waals surface area contributed by atoms with Gasteiger partial charge in [-0.1, -0.05) is 6.92 Å². The largest absolute Gasteiger partial charge is 0.416 e. The van der Waals surface area contributed by atoms with Crippen LogP contribution in [0.1, 0.15) is 35.7 Å². The van der Waals surface area contributed by atoms with Gasteiger partial charge in [0.25, 0.3) is 5.91 Å². The maximum absolute atomic E-state index is 12.5. The Balaban J connectivity index is 2.02. The van der Waals surface area contributed by atoms with E-state index < -0.39 is 11.7 Å². The zero-order valence-corrected chi connectivity index (χ0v) is 12.9. The van der Waals surface area contributed by atoms with Crippen LogP contribution in [0.5, 0.6) is 0 Å². The molecule has 1 saturated heterocycles. The molecule has 22 heavy (non-hydrogen) atoms. The predicted octanol–water partition coefficient (Wildman–Crippen LogP) is 3.26. The van der Waals surface area contributed by atoms with Crippen molar-refractivity contribution in [2.45, 2.75) is 32.0 Å². The number of benzene rings is 1. The smallest absolute Gasteiger partial charge is 0.339 e. The normalized spacial score (nSPS) is 17.5. The van der Waals surface area contributed by atoms with Crippen molar-refractivity contribution in [1.82, 2.24) is 9.80 Å². The molecule has 0 spiro atoms. The third kappa shape index (κ3) is 3.80. The van der Waals surface area contributed by atoms with Gasteiger partial charge < -0.3 is 9.80 Å². The van der Waals surface area contributed by atoms with Gasteiger partial charge in [0.05, 0.1) is 5.56 Å². The molecule has 1 aromatic rings. The highest BCUT2D eigenvalue weighted by Gasteiger charge is 2.31. The van der Waals surface area contributed by atoms with Crippen molar-refractivity contribution in [3.8, 4) is 0 Å². The SMILES string of the molecule is CCN1CCC(N(C)C(=O)c2ccc(C(F)(F)F)cc2)CC1. The Hall–Kier alpha value is -1.56. The molecule has 0 radical (unpaired) electrons. The lowest BCUT2D eigenvalue weighted by Crippen LogP contribution is -2.45. The molecule has 0 atom stereocenters. The van der Waals surface area contributed by atoms with Crippen molar-refractivity contribution in [3.05, 3.63) is 35.4 Å². The summed E-state index contributed by atoms with van der Waals surface area (Å²) in [6.07, 6.45) is -2.58. The lowest BCUT2D eigenvalue weighted by Gasteiger charge is -2.36. The van der Waals surface area contributed by atoms with Gasteiger partial charge in [-0.05, 0) is 43.7 Å². The van der Waals surface area contributed by atoms with Crippen molar-refractivity contribution < 1.29 is 18.0 Å². The summed E-state index contributed by atoms with van der Waals surface area (Å²) in [5.41, 5.74) is -0.434. The number of likely N-dealkylation sites (tertiary alicyclic amines) is 1. The average molecular weight is 314 g/mol. The van der Waals surface area contributed by atoms with Gasteiger partial charge in [0.1, 0.15) is 0 Å². The molecule has 0 bridgehead atoms. The lowest BCUT2D eigenvalue weighted by atomic mass is 10.0. The minimum atomic E-state index is -4.37. The highest BCUT2D eigenvalue weighted by atomic mass is 19.4. The second-order valence-electron chi connectivity index (χ2n) is 5.66. The van der Waals surface area contributed by atoms with Crippen LogP contribution in [0.25, 0.3) is 0 Å². The fourth-order valence-corrected chi connectivity index (χ4v) is 2.79. The van der Waals surface area contributed by atoms with Gasteiger partial charge in [-0.25, -0.2) is 0 Å². The van der Waals surface area contributed by atoms with Crippen LogP contribution < -0.4 is 0 Å². The van der Waals surface area contributed by atoms with Gasteiger partial charge in [0.15, 0.2) is 0 Å². The molecule has 0 unspecified atom stereocenters. The molecule has 1 amide bonds. The topological polar surface area (TPSA) is 23.6 Å². The number of carbonyl (C=O) groups excluding carboxylic acids is 1. The highest BCUT2D eigenvalue weighted by Crippen LogP contribution is 2.29. The van der Waals surface area contributed by atoms with E-state index in [1.807, 2.05) is 0 Å². The molecule has 1 aliphatic heterocycles. The van der Waals surface area contributed by atoms with E-state index in [0.29, 0.717) is 5.56 Å². The van der Waals surface area contributed by atoms with E-state index in [-0.39, 0.29) is 11.9 Å². The Morgan fingerprint density at radius 2 is 1.77 bits per heavy atom. The number of hydrogen-bond acceptors (Lipinski definition) is 2. The Bertz CT molecular complexity index is 505. The summed E-state index contributed by atoms with van der Waals surface area (Å²) in [4.78, 5) is 16.4. The van der Waals surface area contributed by atoms with Crippen LogP contribution in [0.2, 0.25) is 0 Å². The number of nitrogens with zero attached hydrogens (tertiary/aromatic N) is 2. The molecule has 0 N–H and O–H groups in total. The third-order valence-corrected chi connectivity index (χ3v) is 4.33. The molecule has 1 fully saturated rings. The number of rotatable bonds is 3. The molecule has 6 heteroatoms. The van der Waals surface area contributed by atoms with Crippen molar-refractivity contribution in [2.24, 2.45) is 0 Å². The first kappa shape index (κ1) is 16.8. The molecule has 1 heterocycles. The van der Waals surface area contributed by atoms with E-state index in [9.17, 15) is 18.0 Å². The number of carbonyl (C=O) groups is 1. The summed E-state index contributed by atoms with van der Waals surface area (Å²) in [5.74, 6) is -0.219. The van der Waals surface area contributed by atoms with Crippen LogP contribution in [0.3, 0.4) is 0 Å². The Morgan fingerprint density at radius 1 is 1.23 bits per heavy atom. The molecule has 1 aliphatic rings. The second-order valence-corrected chi connectivity index (χ2v) is 5.66. The molecule has 122 valence electrons. The molecule has 2 rings (SSSR count). The van der Waals surface area contributed by atoms with Crippen LogP contribution in [0.15, 0.2) is 24.3 Å². The fraction of sp³-hybridized carbons (Fsp3) is 0.562. The van der Waals surface area contributed by atoms with Crippen LogP contribution in [0.4, 0.5) is 13.2 Å². The van der Waals surface area contributed by atoms with Crippen LogP contribution >= 0.6 is 0 Å². The molecular formula is C16H21F3N2O. The summed E-state index contributed by atoms with van der Waals surface area (Å²) in [5, 5.41) is 0. The number of piperidine rings is 1. The van der Waals surface area contributed by atoms with E-state index in [0.717, 1.165) is 44.6 Å². The quantitative estimate of drug-likeness (QED) is 0.855. The average Bonchev–Trinajstić information content (AvgIpc) is 2.53. The maximum Gasteiger partial charge on any atom is 0.416 e. The van der Waals surface area contributed by atoms with Gasteiger partial charge in [-0.15, -0.1) is 0 Å². The highest BCUT2D eigenvalue weighted by molar-refractivity contribution is 5.94. The Morgan fingerprint density at radius 3 is 2.23 bits per heavy atom. The van der Waals surface area contributed by atoms with Crippen LogP contribution in [-0.2, 0) is 6.18 Å². The first-order valence-corrected chi connectivity index (χ1v) is 7.49. The molecule has 1 aromatic carbocycles. The van der Waals surface area contributed by atoms with Crippen LogP contribution in [0, 0.1) is 0 Å². The van der Waals surface area contributed by atoms with Crippen molar-refractivity contribution in [1.29, 1.82) is 0 Å². The number of amides is 1. The van der Waals surface area contributed by atoms with Gasteiger partial charge in [0.2, 0.25) is 0 Å². The van der Waals surface area contributed by atoms with Gasteiger partial charge >= 0.3 is 6.18 Å². The number of halogens is 3. The van der Waals surface area contributed by atoms with Crippen molar-refractivity contribution >= 4 is 5.91 Å². The zero-order chi connectivity index (χ0) is 16.3. The van der Waals surface area contributed by atoms with Crippen molar-refractivity contribution in [3.63, 3.8) is 0 Å². The monoisotopic (exact) mass is 314 g/mol. The minimum Gasteiger partial charge on any atom is -0.339 e. The first-order chi connectivity index (χ1) is 10.3. The maximum atomic E-state index is 12.5. The van der Waals surface area contributed by atoms with E-state index in [1.165, 1.54) is 12.1 Å². The van der Waals surface area contributed by atoms with Crippen molar-refractivity contribution in [2.75, 3.05) is 26.7 Å². The first-order valence-electron chi connectivity index (χ1n) is 7.49. The lowest BCUT2D eigenvalue weighted by molar-refractivity contribution is -0.137. The summed E-state index contributed by atoms with van der Waals surface area (Å²) in [6, 6.07) is 4.57. The molecule has 0 aromatic heterocycles. The van der Waals surface area contributed by atoms with E-state index in [4.69, 9.17) is 0 Å². The molecule has 3 nitrogen and oxygen atoms in total. The minimum absolute atomic E-state index is 0.151. The molecule has 0 aliphatic carbocycles. The van der Waals surface area contributed by atoms with E-state index >= 15 is 0 Å². The predicted molar refractivity (Wildman–Crippen MR) is 78.7 cm³/mol. The van der Waals surface area contributed by atoms with Gasteiger partial charge in [0, 0.05) is 31.7 Å². The Labute approximate surface area is 128 Å². The zero-order valence-electron chi connectivity index (χ0n) is 12.9. The summed E-state index contributed by atoms with van der Waals surface area (Å²) in [6.45, 7) is 5.01. The third-order valence-electron chi connectivity index (χ3n) is 4.33. The molecule has 0 saturated carbocycles. The van der Waals surface area contributed by atoms with E-state index in [2.05, 4.69) is 11.8 Å². The molecular weight excluding hydrogens is 293 g/mol. The number of alkyl halides is 3. The van der Waals surface area contributed by atoms with E-state index in [1.54, 1.807) is 11.9 Å². The fourth-order valence-electron chi connectivity index (χ4n) is 2.79. The second kappa shape index (κ2) is 6.69. The Kier molecular flexibility index (Phi) is 5.11. The standard InChI is InChI=1S/C16H21F3N2O/c1-3-21-10-8-14(9-11-21)20(2)15(22)12-4-6-13(7-5-12)16(17,18)19/h4-7,14H,3,8-11H2,1-2H3. The summed E-state index contributed by atoms with van der Waals surface area (Å²) >= 11 is 0. The van der Waals surface area contributed by atoms with Crippen LogP contribution in [-0.4, -0.2) is 48.4 Å². The summed E-state index contributed by atoms with van der Waals surface area (Å²) < 4.78 is 37.6. The summed E-state index contributed by atoms with van der Waals surface area (Å²) in [7, 11) is 1.73. The van der Waals surface area contributed by atoms with Gasteiger partial charge in [-0.3, -0.25) is 4.79 Å². The van der Waals surface area contributed by atoms with Gasteiger partial charge in [-0.2, -0.15) is 13.2 Å².